The molecule has 0 aliphatic rings. The first-order chi connectivity index (χ1) is 10.0. The molecule has 5 nitrogen and oxygen atoms in total. The van der Waals surface area contributed by atoms with Crippen LogP contribution in [0.3, 0.4) is 0 Å². The minimum Gasteiger partial charge on any atom is -0.497 e. The first kappa shape index (κ1) is 15.3. The van der Waals surface area contributed by atoms with Crippen LogP contribution in [0.1, 0.15) is 27.8 Å². The second kappa shape index (κ2) is 6.58. The van der Waals surface area contributed by atoms with Crippen LogP contribution in [0.25, 0.3) is 0 Å². The lowest BCUT2D eigenvalue weighted by Crippen LogP contribution is -2.24. The standard InChI is InChI=1S/C15H14BrNO4/c1-9(21-15(19)13-7-11(16)8-17-13)14(18)10-3-5-12(20-2)6-4-10/h3-9,17H,1-2H3. The Labute approximate surface area is 130 Å². The average Bonchev–Trinajstić information content (AvgIpc) is 2.93. The Morgan fingerprint density at radius 1 is 1.24 bits per heavy atom. The predicted molar refractivity (Wildman–Crippen MR) is 80.7 cm³/mol. The second-order valence-electron chi connectivity index (χ2n) is 4.37. The number of benzene rings is 1. The molecule has 0 amide bonds. The molecule has 1 atom stereocenters. The summed E-state index contributed by atoms with van der Waals surface area (Å²) in [6.45, 7) is 1.54. The van der Waals surface area contributed by atoms with Crippen molar-refractivity contribution in [2.75, 3.05) is 7.11 Å². The van der Waals surface area contributed by atoms with Gasteiger partial charge in [0.05, 0.1) is 7.11 Å². The first-order valence-electron chi connectivity index (χ1n) is 6.24. The largest absolute Gasteiger partial charge is 0.497 e. The Bertz CT molecular complexity index is 648. The van der Waals surface area contributed by atoms with E-state index in [-0.39, 0.29) is 11.5 Å². The molecule has 0 spiro atoms. The molecule has 1 aromatic heterocycles. The lowest BCUT2D eigenvalue weighted by Gasteiger charge is -2.12. The van der Waals surface area contributed by atoms with Crippen LogP contribution >= 0.6 is 15.9 Å². The molecule has 1 aromatic carbocycles. The average molecular weight is 352 g/mol. The number of ketones is 1. The van der Waals surface area contributed by atoms with Gasteiger partial charge in [-0.15, -0.1) is 0 Å². The van der Waals surface area contributed by atoms with Gasteiger partial charge < -0.3 is 14.5 Å². The fraction of sp³-hybridized carbons (Fsp3) is 0.200. The quantitative estimate of drug-likeness (QED) is 0.663. The van der Waals surface area contributed by atoms with Crippen LogP contribution in [0.2, 0.25) is 0 Å². The third-order valence-corrected chi connectivity index (χ3v) is 3.35. The van der Waals surface area contributed by atoms with Crippen LogP contribution in [-0.4, -0.2) is 30.0 Å². The van der Waals surface area contributed by atoms with E-state index < -0.39 is 12.1 Å². The maximum Gasteiger partial charge on any atom is 0.355 e. The molecular formula is C15H14BrNO4. The Kier molecular flexibility index (Phi) is 4.80. The summed E-state index contributed by atoms with van der Waals surface area (Å²) >= 11 is 3.23. The van der Waals surface area contributed by atoms with Gasteiger partial charge in [0, 0.05) is 16.2 Å². The number of esters is 1. The van der Waals surface area contributed by atoms with Crippen molar-refractivity contribution < 1.29 is 19.1 Å². The van der Waals surface area contributed by atoms with Crippen molar-refractivity contribution in [2.24, 2.45) is 0 Å². The molecule has 1 unspecified atom stereocenters. The monoisotopic (exact) mass is 351 g/mol. The van der Waals surface area contributed by atoms with Crippen molar-refractivity contribution in [1.82, 2.24) is 4.98 Å². The number of halogens is 1. The fourth-order valence-electron chi connectivity index (χ4n) is 1.75. The lowest BCUT2D eigenvalue weighted by atomic mass is 10.1. The summed E-state index contributed by atoms with van der Waals surface area (Å²) < 4.78 is 10.9. The molecule has 0 saturated heterocycles. The van der Waals surface area contributed by atoms with Crippen LogP contribution in [0.15, 0.2) is 41.0 Å². The summed E-state index contributed by atoms with van der Waals surface area (Å²) in [7, 11) is 1.55. The van der Waals surface area contributed by atoms with Gasteiger partial charge in [-0.3, -0.25) is 4.79 Å². The minimum atomic E-state index is -0.868. The number of carbonyl (C=O) groups is 2. The highest BCUT2D eigenvalue weighted by molar-refractivity contribution is 9.10. The number of H-pyrrole nitrogens is 1. The van der Waals surface area contributed by atoms with Gasteiger partial charge in [-0.1, -0.05) is 0 Å². The van der Waals surface area contributed by atoms with Gasteiger partial charge in [0.1, 0.15) is 11.4 Å². The van der Waals surface area contributed by atoms with Crippen molar-refractivity contribution in [2.45, 2.75) is 13.0 Å². The number of ether oxygens (including phenoxy) is 2. The van der Waals surface area contributed by atoms with Crippen molar-refractivity contribution >= 4 is 27.7 Å². The molecular weight excluding hydrogens is 338 g/mol. The Morgan fingerprint density at radius 2 is 1.90 bits per heavy atom. The summed E-state index contributed by atoms with van der Waals surface area (Å²) in [4.78, 5) is 26.8. The van der Waals surface area contributed by atoms with Gasteiger partial charge in [-0.25, -0.2) is 4.79 Å². The molecule has 0 saturated carbocycles. The molecule has 21 heavy (non-hydrogen) atoms. The number of aromatic amines is 1. The molecule has 2 rings (SSSR count). The van der Waals surface area contributed by atoms with Crippen molar-refractivity contribution in [3.63, 3.8) is 0 Å². The topological polar surface area (TPSA) is 68.4 Å². The van der Waals surface area contributed by atoms with Gasteiger partial charge in [0.2, 0.25) is 5.78 Å². The molecule has 0 fully saturated rings. The summed E-state index contributed by atoms with van der Waals surface area (Å²) in [6.07, 6.45) is 0.750. The van der Waals surface area contributed by atoms with Crippen molar-refractivity contribution in [3.8, 4) is 5.75 Å². The van der Waals surface area contributed by atoms with E-state index in [0.717, 1.165) is 4.47 Å². The second-order valence-corrected chi connectivity index (χ2v) is 5.29. The molecule has 0 aliphatic heterocycles. The van der Waals surface area contributed by atoms with E-state index in [9.17, 15) is 9.59 Å². The number of Topliss-reactive ketones (excluding diaryl/α,β-unsaturated/α-hetero) is 1. The van der Waals surface area contributed by atoms with Gasteiger partial charge in [-0.2, -0.15) is 0 Å². The fourth-order valence-corrected chi connectivity index (χ4v) is 2.10. The van der Waals surface area contributed by atoms with E-state index in [1.807, 2.05) is 0 Å². The highest BCUT2D eigenvalue weighted by Gasteiger charge is 2.21. The molecule has 6 heteroatoms. The summed E-state index contributed by atoms with van der Waals surface area (Å²) in [6, 6.07) is 8.23. The normalized spacial score (nSPS) is 11.8. The van der Waals surface area contributed by atoms with Crippen LogP contribution in [0, 0.1) is 0 Å². The molecule has 0 radical (unpaired) electrons. The predicted octanol–water partition coefficient (Wildman–Crippen LogP) is 3.21. The number of carbonyl (C=O) groups excluding carboxylic acids is 2. The van der Waals surface area contributed by atoms with E-state index in [4.69, 9.17) is 9.47 Å². The van der Waals surface area contributed by atoms with Gasteiger partial charge >= 0.3 is 5.97 Å². The van der Waals surface area contributed by atoms with Crippen molar-refractivity contribution in [1.29, 1.82) is 0 Å². The van der Waals surface area contributed by atoms with Crippen LogP contribution in [-0.2, 0) is 4.74 Å². The summed E-state index contributed by atoms with van der Waals surface area (Å²) in [5.74, 6) is -0.181. The highest BCUT2D eigenvalue weighted by Crippen LogP contribution is 2.15. The number of methoxy groups -OCH3 is 1. The SMILES string of the molecule is COc1ccc(C(=O)C(C)OC(=O)c2cc(Br)c[nH]2)cc1. The van der Waals surface area contributed by atoms with E-state index in [1.165, 1.54) is 0 Å². The Morgan fingerprint density at radius 3 is 2.43 bits per heavy atom. The Hall–Kier alpha value is -2.08. The molecule has 1 N–H and O–H groups in total. The number of nitrogens with one attached hydrogen (secondary N) is 1. The van der Waals surface area contributed by atoms with E-state index in [2.05, 4.69) is 20.9 Å². The van der Waals surface area contributed by atoms with Gasteiger partial charge in [-0.05, 0) is 53.2 Å². The summed E-state index contributed by atoms with van der Waals surface area (Å²) in [5.41, 5.74) is 0.750. The van der Waals surface area contributed by atoms with Crippen LogP contribution in [0.5, 0.6) is 5.75 Å². The van der Waals surface area contributed by atoms with E-state index in [0.29, 0.717) is 11.3 Å². The number of hydrogen-bond acceptors (Lipinski definition) is 4. The maximum atomic E-state index is 12.2. The number of hydrogen-bond donors (Lipinski definition) is 1. The zero-order valence-electron chi connectivity index (χ0n) is 11.6. The molecule has 110 valence electrons. The highest BCUT2D eigenvalue weighted by atomic mass is 79.9. The van der Waals surface area contributed by atoms with Crippen LogP contribution < -0.4 is 4.74 Å². The molecule has 0 aliphatic carbocycles. The van der Waals surface area contributed by atoms with Gasteiger partial charge in [0.15, 0.2) is 6.10 Å². The zero-order valence-corrected chi connectivity index (χ0v) is 13.1. The Balaban J connectivity index is 2.03. The number of rotatable bonds is 5. The minimum absolute atomic E-state index is 0.267. The third kappa shape index (κ3) is 3.72. The molecule has 1 heterocycles. The summed E-state index contributed by atoms with van der Waals surface area (Å²) in [5, 5.41) is 0. The molecule has 0 bridgehead atoms. The zero-order chi connectivity index (χ0) is 15.4. The molecule has 2 aromatic rings. The van der Waals surface area contributed by atoms with Gasteiger partial charge in [0.25, 0.3) is 0 Å². The first-order valence-corrected chi connectivity index (χ1v) is 7.03. The van der Waals surface area contributed by atoms with Crippen molar-refractivity contribution in [3.05, 3.63) is 52.3 Å². The van der Waals surface area contributed by atoms with E-state index >= 15 is 0 Å². The third-order valence-electron chi connectivity index (χ3n) is 2.90. The number of aromatic nitrogens is 1. The smallest absolute Gasteiger partial charge is 0.355 e. The van der Waals surface area contributed by atoms with Crippen LogP contribution in [0.4, 0.5) is 0 Å². The lowest BCUT2D eigenvalue weighted by molar-refractivity contribution is 0.0313. The maximum absolute atomic E-state index is 12.2. The van der Waals surface area contributed by atoms with E-state index in [1.54, 1.807) is 50.6 Å².